The highest BCUT2D eigenvalue weighted by molar-refractivity contribution is 7.92. The van der Waals surface area contributed by atoms with Gasteiger partial charge in [0.2, 0.25) is 0 Å². The first kappa shape index (κ1) is 11.7. The Hall–Kier alpha value is -1.82. The molecular weight excluding hydrogens is 238 g/mol. The van der Waals surface area contributed by atoms with Crippen molar-refractivity contribution in [3.63, 3.8) is 0 Å². The Labute approximate surface area is 99.9 Å². The number of benzene rings is 1. The van der Waals surface area contributed by atoms with Gasteiger partial charge in [-0.3, -0.25) is 9.82 Å². The van der Waals surface area contributed by atoms with Gasteiger partial charge in [-0.25, -0.2) is 0 Å². The van der Waals surface area contributed by atoms with Gasteiger partial charge >= 0.3 is 0 Å². The molecule has 0 saturated carbocycles. The molecule has 2 N–H and O–H groups in total. The lowest BCUT2D eigenvalue weighted by molar-refractivity contribution is 0.597. The number of anilines is 1. The Bertz CT molecular complexity index is 618. The molecule has 0 aliphatic rings. The van der Waals surface area contributed by atoms with Gasteiger partial charge in [0.1, 0.15) is 0 Å². The lowest BCUT2D eigenvalue weighted by Crippen LogP contribution is -2.14. The molecule has 0 atom stereocenters. The molecule has 1 heterocycles. The maximum atomic E-state index is 11.9. The van der Waals surface area contributed by atoms with Gasteiger partial charge < -0.3 is 0 Å². The number of H-pyrrole nitrogens is 1. The summed E-state index contributed by atoms with van der Waals surface area (Å²) in [6.45, 7) is 3.76. The summed E-state index contributed by atoms with van der Waals surface area (Å²) < 4.78 is 26.4. The molecule has 17 heavy (non-hydrogen) atoms. The van der Waals surface area contributed by atoms with Crippen LogP contribution in [-0.4, -0.2) is 18.6 Å². The first-order chi connectivity index (χ1) is 7.99. The van der Waals surface area contributed by atoms with Gasteiger partial charge in [-0.2, -0.15) is 13.5 Å². The van der Waals surface area contributed by atoms with Crippen LogP contribution in [0.25, 0.3) is 0 Å². The average molecular weight is 251 g/mol. The van der Waals surface area contributed by atoms with E-state index in [2.05, 4.69) is 14.9 Å². The van der Waals surface area contributed by atoms with Crippen molar-refractivity contribution in [3.8, 4) is 0 Å². The quantitative estimate of drug-likeness (QED) is 0.873. The van der Waals surface area contributed by atoms with Crippen molar-refractivity contribution in [2.24, 2.45) is 0 Å². The van der Waals surface area contributed by atoms with Crippen LogP contribution in [0.1, 0.15) is 11.1 Å². The lowest BCUT2D eigenvalue weighted by atomic mass is 10.1. The second kappa shape index (κ2) is 4.21. The van der Waals surface area contributed by atoms with Gasteiger partial charge in [0.05, 0.1) is 11.9 Å². The third-order valence-corrected chi connectivity index (χ3v) is 3.70. The van der Waals surface area contributed by atoms with E-state index in [0.717, 1.165) is 11.1 Å². The average Bonchev–Trinajstić information content (AvgIpc) is 2.77. The fourth-order valence-electron chi connectivity index (χ4n) is 1.44. The lowest BCUT2D eigenvalue weighted by Gasteiger charge is -2.09. The summed E-state index contributed by atoms with van der Waals surface area (Å²) in [5, 5.41) is 6.11. The molecule has 0 aliphatic heterocycles. The molecule has 0 aliphatic carbocycles. The first-order valence-corrected chi connectivity index (χ1v) is 6.57. The summed E-state index contributed by atoms with van der Waals surface area (Å²) in [7, 11) is -3.58. The minimum absolute atomic E-state index is 0.0541. The Morgan fingerprint density at radius 1 is 1.24 bits per heavy atom. The number of aromatic amines is 1. The van der Waals surface area contributed by atoms with Crippen LogP contribution in [0.4, 0.5) is 5.69 Å². The molecule has 2 aromatic rings. The molecule has 0 fully saturated rings. The van der Waals surface area contributed by atoms with Crippen molar-refractivity contribution in [1.82, 2.24) is 10.2 Å². The van der Waals surface area contributed by atoms with E-state index in [-0.39, 0.29) is 5.03 Å². The van der Waals surface area contributed by atoms with Crippen molar-refractivity contribution in [1.29, 1.82) is 0 Å². The van der Waals surface area contributed by atoms with Crippen molar-refractivity contribution in [2.45, 2.75) is 18.9 Å². The number of nitrogens with one attached hydrogen (secondary N) is 2. The maximum absolute atomic E-state index is 11.9. The van der Waals surface area contributed by atoms with Crippen molar-refractivity contribution >= 4 is 15.7 Å². The fourth-order valence-corrected chi connectivity index (χ4v) is 2.47. The molecule has 0 radical (unpaired) electrons. The van der Waals surface area contributed by atoms with E-state index in [9.17, 15) is 8.42 Å². The maximum Gasteiger partial charge on any atom is 0.278 e. The molecule has 5 nitrogen and oxygen atoms in total. The van der Waals surface area contributed by atoms with Crippen molar-refractivity contribution in [3.05, 3.63) is 41.6 Å². The van der Waals surface area contributed by atoms with Crippen LogP contribution in [0.3, 0.4) is 0 Å². The molecule has 0 unspecified atom stereocenters. The summed E-state index contributed by atoms with van der Waals surface area (Å²) in [4.78, 5) is 0. The van der Waals surface area contributed by atoms with Gasteiger partial charge in [0.15, 0.2) is 5.03 Å². The third kappa shape index (κ3) is 2.47. The van der Waals surface area contributed by atoms with E-state index in [1.54, 1.807) is 6.07 Å². The number of hydrogen-bond acceptors (Lipinski definition) is 3. The Balaban J connectivity index is 2.36. The third-order valence-electron chi connectivity index (χ3n) is 2.40. The van der Waals surface area contributed by atoms with Crippen LogP contribution in [0.15, 0.2) is 35.5 Å². The number of rotatable bonds is 3. The van der Waals surface area contributed by atoms with Crippen LogP contribution < -0.4 is 4.72 Å². The van der Waals surface area contributed by atoms with Crippen LogP contribution in [0, 0.1) is 13.8 Å². The summed E-state index contributed by atoms with van der Waals surface area (Å²) in [6.07, 6.45) is 1.40. The Morgan fingerprint density at radius 3 is 2.65 bits per heavy atom. The summed E-state index contributed by atoms with van der Waals surface area (Å²) in [5.41, 5.74) is 2.45. The largest absolute Gasteiger partial charge is 0.278 e. The normalized spacial score (nSPS) is 11.4. The molecular formula is C11H13N3O2S. The molecule has 6 heteroatoms. The fraction of sp³-hybridized carbons (Fsp3) is 0.182. The number of aryl methyl sites for hydroxylation is 2. The van der Waals surface area contributed by atoms with Crippen LogP contribution in [0.5, 0.6) is 0 Å². The molecule has 0 saturated heterocycles. The smallest absolute Gasteiger partial charge is 0.278 e. The standard InChI is InChI=1S/C11H13N3O2S/c1-8-3-4-9(2)10(7-8)14-17(15,16)11-5-6-12-13-11/h3-7,14H,1-2H3,(H,12,13). The van der Waals surface area contributed by atoms with E-state index in [0.29, 0.717) is 5.69 Å². The van der Waals surface area contributed by atoms with E-state index in [4.69, 9.17) is 0 Å². The molecule has 90 valence electrons. The zero-order valence-electron chi connectivity index (χ0n) is 9.56. The topological polar surface area (TPSA) is 74.8 Å². The minimum atomic E-state index is -3.58. The second-order valence-electron chi connectivity index (χ2n) is 3.84. The molecule has 0 amide bonds. The number of aromatic nitrogens is 2. The molecule has 0 bridgehead atoms. The summed E-state index contributed by atoms with van der Waals surface area (Å²) in [6, 6.07) is 7.01. The van der Waals surface area contributed by atoms with Crippen LogP contribution in [-0.2, 0) is 10.0 Å². The Morgan fingerprint density at radius 2 is 2.00 bits per heavy atom. The van der Waals surface area contributed by atoms with Crippen molar-refractivity contribution < 1.29 is 8.42 Å². The highest BCUT2D eigenvalue weighted by Gasteiger charge is 2.16. The highest BCUT2D eigenvalue weighted by atomic mass is 32.2. The molecule has 0 spiro atoms. The zero-order chi connectivity index (χ0) is 12.5. The molecule has 1 aromatic heterocycles. The van der Waals surface area contributed by atoms with E-state index < -0.39 is 10.0 Å². The van der Waals surface area contributed by atoms with Crippen LogP contribution >= 0.6 is 0 Å². The van der Waals surface area contributed by atoms with Gasteiger partial charge in [0, 0.05) is 0 Å². The summed E-state index contributed by atoms with van der Waals surface area (Å²) in [5.74, 6) is 0. The summed E-state index contributed by atoms with van der Waals surface area (Å²) >= 11 is 0. The van der Waals surface area contributed by atoms with Gasteiger partial charge in [-0.15, -0.1) is 0 Å². The van der Waals surface area contributed by atoms with Gasteiger partial charge in [-0.05, 0) is 37.1 Å². The van der Waals surface area contributed by atoms with E-state index in [1.807, 2.05) is 26.0 Å². The van der Waals surface area contributed by atoms with E-state index >= 15 is 0 Å². The number of nitrogens with zero attached hydrogens (tertiary/aromatic N) is 1. The number of sulfonamides is 1. The highest BCUT2D eigenvalue weighted by Crippen LogP contribution is 2.19. The zero-order valence-corrected chi connectivity index (χ0v) is 10.4. The predicted octanol–water partition coefficient (Wildman–Crippen LogP) is 1.83. The number of hydrogen-bond donors (Lipinski definition) is 2. The monoisotopic (exact) mass is 251 g/mol. The predicted molar refractivity (Wildman–Crippen MR) is 65.3 cm³/mol. The van der Waals surface area contributed by atoms with E-state index in [1.165, 1.54) is 12.3 Å². The van der Waals surface area contributed by atoms with Gasteiger partial charge in [-0.1, -0.05) is 12.1 Å². The Kier molecular flexibility index (Phi) is 2.89. The first-order valence-electron chi connectivity index (χ1n) is 5.08. The molecule has 1 aromatic carbocycles. The molecule has 2 rings (SSSR count). The second-order valence-corrected chi connectivity index (χ2v) is 5.50. The van der Waals surface area contributed by atoms with Crippen LogP contribution in [0.2, 0.25) is 0 Å². The SMILES string of the molecule is Cc1ccc(C)c(NS(=O)(=O)c2ccn[nH]2)c1. The minimum Gasteiger partial charge on any atom is -0.278 e. The van der Waals surface area contributed by atoms with Gasteiger partial charge in [0.25, 0.3) is 10.0 Å². The van der Waals surface area contributed by atoms with Crippen molar-refractivity contribution in [2.75, 3.05) is 4.72 Å².